The summed E-state index contributed by atoms with van der Waals surface area (Å²) in [6.07, 6.45) is 4.71. The summed E-state index contributed by atoms with van der Waals surface area (Å²) >= 11 is 0. The molecule has 20 heavy (non-hydrogen) atoms. The van der Waals surface area contributed by atoms with Crippen LogP contribution in [0.4, 0.5) is 0 Å². The Morgan fingerprint density at radius 2 is 1.90 bits per heavy atom. The SMILES string of the molecule is Cc1ccccc1/C=C/C(=O)NNC(=O)c1ccc[nH]1. The number of hydrogen-bond donors (Lipinski definition) is 3. The van der Waals surface area contributed by atoms with Crippen molar-refractivity contribution < 1.29 is 9.59 Å². The summed E-state index contributed by atoms with van der Waals surface area (Å²) in [6.45, 7) is 1.96. The number of rotatable bonds is 3. The minimum atomic E-state index is -0.396. The molecular formula is C15H15N3O2. The lowest BCUT2D eigenvalue weighted by Gasteiger charge is -2.03. The number of aromatic amines is 1. The molecule has 0 saturated carbocycles. The van der Waals surface area contributed by atoms with E-state index in [0.29, 0.717) is 5.69 Å². The number of benzene rings is 1. The fourth-order valence-electron chi connectivity index (χ4n) is 1.64. The fraction of sp³-hybridized carbons (Fsp3) is 0.0667. The van der Waals surface area contributed by atoms with Gasteiger partial charge in [-0.15, -0.1) is 0 Å². The van der Waals surface area contributed by atoms with Crippen LogP contribution in [-0.4, -0.2) is 16.8 Å². The smallest absolute Gasteiger partial charge is 0.286 e. The quantitative estimate of drug-likeness (QED) is 0.587. The Hall–Kier alpha value is -2.82. The van der Waals surface area contributed by atoms with Gasteiger partial charge < -0.3 is 4.98 Å². The van der Waals surface area contributed by atoms with Crippen molar-refractivity contribution in [1.82, 2.24) is 15.8 Å². The van der Waals surface area contributed by atoms with E-state index < -0.39 is 11.8 Å². The molecule has 3 N–H and O–H groups in total. The van der Waals surface area contributed by atoms with Crippen LogP contribution in [0.25, 0.3) is 6.08 Å². The van der Waals surface area contributed by atoms with Crippen LogP contribution >= 0.6 is 0 Å². The maximum absolute atomic E-state index is 11.6. The fourth-order valence-corrected chi connectivity index (χ4v) is 1.64. The Labute approximate surface area is 116 Å². The minimum absolute atomic E-state index is 0.383. The van der Waals surface area contributed by atoms with Crippen molar-refractivity contribution in [2.45, 2.75) is 6.92 Å². The average molecular weight is 269 g/mol. The summed E-state index contributed by atoms with van der Waals surface area (Å²) in [5.41, 5.74) is 7.05. The van der Waals surface area contributed by atoms with Gasteiger partial charge in [0.05, 0.1) is 0 Å². The zero-order valence-corrected chi connectivity index (χ0v) is 11.0. The molecule has 2 amide bonds. The number of hydrogen-bond acceptors (Lipinski definition) is 2. The molecule has 1 aromatic carbocycles. The number of amides is 2. The maximum atomic E-state index is 11.6. The summed E-state index contributed by atoms with van der Waals surface area (Å²) in [5.74, 6) is -0.791. The highest BCUT2D eigenvalue weighted by Gasteiger charge is 2.05. The van der Waals surface area contributed by atoms with Gasteiger partial charge in [0.15, 0.2) is 0 Å². The third-order valence-electron chi connectivity index (χ3n) is 2.74. The number of aromatic nitrogens is 1. The number of nitrogens with one attached hydrogen (secondary N) is 3. The lowest BCUT2D eigenvalue weighted by Crippen LogP contribution is -2.40. The highest BCUT2D eigenvalue weighted by Crippen LogP contribution is 2.08. The van der Waals surface area contributed by atoms with E-state index in [4.69, 9.17) is 0 Å². The Balaban J connectivity index is 1.87. The first-order valence-corrected chi connectivity index (χ1v) is 6.14. The molecule has 102 valence electrons. The second kappa shape index (κ2) is 6.38. The van der Waals surface area contributed by atoms with Crippen molar-refractivity contribution in [3.05, 3.63) is 65.5 Å². The first-order chi connectivity index (χ1) is 9.66. The summed E-state index contributed by atoms with van der Waals surface area (Å²) < 4.78 is 0. The molecule has 0 aliphatic heterocycles. The van der Waals surface area contributed by atoms with Gasteiger partial charge in [0.2, 0.25) is 0 Å². The van der Waals surface area contributed by atoms with Gasteiger partial charge in [-0.1, -0.05) is 24.3 Å². The number of H-pyrrole nitrogens is 1. The van der Waals surface area contributed by atoms with Crippen LogP contribution in [0.1, 0.15) is 21.6 Å². The van der Waals surface area contributed by atoms with E-state index in [-0.39, 0.29) is 0 Å². The van der Waals surface area contributed by atoms with Crippen molar-refractivity contribution >= 4 is 17.9 Å². The van der Waals surface area contributed by atoms with E-state index in [1.165, 1.54) is 6.08 Å². The zero-order chi connectivity index (χ0) is 14.4. The van der Waals surface area contributed by atoms with Crippen LogP contribution in [0.5, 0.6) is 0 Å². The molecule has 0 bridgehead atoms. The molecular weight excluding hydrogens is 254 g/mol. The molecule has 1 heterocycles. The predicted octanol–water partition coefficient (Wildman–Crippen LogP) is 1.80. The lowest BCUT2D eigenvalue weighted by atomic mass is 10.1. The first-order valence-electron chi connectivity index (χ1n) is 6.14. The molecule has 0 atom stereocenters. The van der Waals surface area contributed by atoms with Gasteiger partial charge in [0.25, 0.3) is 11.8 Å². The van der Waals surface area contributed by atoms with Crippen molar-refractivity contribution in [3.8, 4) is 0 Å². The molecule has 1 aromatic heterocycles. The zero-order valence-electron chi connectivity index (χ0n) is 11.0. The Bertz CT molecular complexity index is 630. The third-order valence-corrected chi connectivity index (χ3v) is 2.74. The van der Waals surface area contributed by atoms with Gasteiger partial charge >= 0.3 is 0 Å². The second-order valence-electron chi connectivity index (χ2n) is 4.22. The molecule has 5 heteroatoms. The largest absolute Gasteiger partial charge is 0.357 e. The second-order valence-corrected chi connectivity index (χ2v) is 4.22. The molecule has 0 saturated heterocycles. The van der Waals surface area contributed by atoms with E-state index in [0.717, 1.165) is 11.1 Å². The van der Waals surface area contributed by atoms with E-state index in [1.807, 2.05) is 31.2 Å². The van der Waals surface area contributed by atoms with Gasteiger partial charge in [0, 0.05) is 12.3 Å². The molecule has 0 unspecified atom stereocenters. The molecule has 0 spiro atoms. The Kier molecular flexibility index (Phi) is 4.34. The monoisotopic (exact) mass is 269 g/mol. The van der Waals surface area contributed by atoms with Crippen molar-refractivity contribution in [2.75, 3.05) is 0 Å². The summed E-state index contributed by atoms with van der Waals surface area (Å²) in [6, 6.07) is 11.0. The van der Waals surface area contributed by atoms with Crippen molar-refractivity contribution in [3.63, 3.8) is 0 Å². The highest BCUT2D eigenvalue weighted by molar-refractivity contribution is 5.96. The predicted molar refractivity (Wildman–Crippen MR) is 76.6 cm³/mol. The van der Waals surface area contributed by atoms with Crippen LogP contribution in [0.2, 0.25) is 0 Å². The van der Waals surface area contributed by atoms with Gasteiger partial charge in [-0.05, 0) is 36.3 Å². The third kappa shape index (κ3) is 3.58. The Morgan fingerprint density at radius 3 is 2.60 bits per heavy atom. The van der Waals surface area contributed by atoms with E-state index >= 15 is 0 Å². The molecule has 2 aromatic rings. The van der Waals surface area contributed by atoms with E-state index in [1.54, 1.807) is 24.4 Å². The maximum Gasteiger partial charge on any atom is 0.286 e. The van der Waals surface area contributed by atoms with Crippen LogP contribution in [0.15, 0.2) is 48.7 Å². The number of carbonyl (C=O) groups excluding carboxylic acids is 2. The molecule has 0 radical (unpaired) electrons. The molecule has 0 aliphatic carbocycles. The normalized spacial score (nSPS) is 10.4. The van der Waals surface area contributed by atoms with E-state index in [9.17, 15) is 9.59 Å². The van der Waals surface area contributed by atoms with Gasteiger partial charge in [-0.3, -0.25) is 20.4 Å². The topological polar surface area (TPSA) is 74.0 Å². The van der Waals surface area contributed by atoms with Gasteiger partial charge in [-0.25, -0.2) is 0 Å². The summed E-state index contributed by atoms with van der Waals surface area (Å²) in [4.78, 5) is 25.9. The van der Waals surface area contributed by atoms with Crippen LogP contribution in [0.3, 0.4) is 0 Å². The van der Waals surface area contributed by atoms with Crippen LogP contribution in [0, 0.1) is 6.92 Å². The van der Waals surface area contributed by atoms with Crippen molar-refractivity contribution in [2.24, 2.45) is 0 Å². The average Bonchev–Trinajstić information content (AvgIpc) is 2.98. The van der Waals surface area contributed by atoms with Gasteiger partial charge in [-0.2, -0.15) is 0 Å². The first kappa shape index (κ1) is 13.6. The van der Waals surface area contributed by atoms with Crippen LogP contribution < -0.4 is 10.9 Å². The summed E-state index contributed by atoms with van der Waals surface area (Å²) in [5, 5.41) is 0. The van der Waals surface area contributed by atoms with Crippen molar-refractivity contribution in [1.29, 1.82) is 0 Å². The molecule has 0 fully saturated rings. The number of carbonyl (C=O) groups is 2. The molecule has 5 nitrogen and oxygen atoms in total. The van der Waals surface area contributed by atoms with E-state index in [2.05, 4.69) is 15.8 Å². The number of aryl methyl sites for hydroxylation is 1. The lowest BCUT2D eigenvalue weighted by molar-refractivity contribution is -0.117. The molecule has 0 aliphatic rings. The standard InChI is InChI=1S/C15H15N3O2/c1-11-5-2-3-6-12(11)8-9-14(19)17-18-15(20)13-7-4-10-16-13/h2-10,16H,1H3,(H,17,19)(H,18,20)/b9-8+. The van der Waals surface area contributed by atoms with Gasteiger partial charge in [0.1, 0.15) is 5.69 Å². The number of hydrazine groups is 1. The Morgan fingerprint density at radius 1 is 1.10 bits per heavy atom. The van der Waals surface area contributed by atoms with Crippen LogP contribution in [-0.2, 0) is 4.79 Å². The summed E-state index contributed by atoms with van der Waals surface area (Å²) in [7, 11) is 0. The molecule has 2 rings (SSSR count). The minimum Gasteiger partial charge on any atom is -0.357 e. The highest BCUT2D eigenvalue weighted by atomic mass is 16.2.